The molecule has 0 spiro atoms. The number of amides is 1. The number of nitrogens with zero attached hydrogens (tertiary/aromatic N) is 1. The molecule has 0 saturated heterocycles. The van der Waals surface area contributed by atoms with Gasteiger partial charge in [-0.05, 0) is 55.7 Å². The van der Waals surface area contributed by atoms with E-state index in [2.05, 4.69) is 17.2 Å². The van der Waals surface area contributed by atoms with Crippen molar-refractivity contribution in [2.24, 2.45) is 0 Å². The molecule has 1 heterocycles. The number of aromatic nitrogens is 1. The van der Waals surface area contributed by atoms with Crippen LogP contribution < -0.4 is 14.8 Å². The van der Waals surface area contributed by atoms with E-state index < -0.39 is 0 Å². The number of para-hydroxylation sites is 1. The van der Waals surface area contributed by atoms with Gasteiger partial charge < -0.3 is 14.8 Å². The van der Waals surface area contributed by atoms with Gasteiger partial charge in [0.2, 0.25) is 5.91 Å². The minimum absolute atomic E-state index is 0.0179. The molecule has 0 aliphatic carbocycles. The molecule has 0 aliphatic heterocycles. The van der Waals surface area contributed by atoms with E-state index in [0.717, 1.165) is 28.8 Å². The summed E-state index contributed by atoms with van der Waals surface area (Å²) in [5.74, 6) is 1.55. The molecule has 1 N–H and O–H groups in total. The van der Waals surface area contributed by atoms with Crippen LogP contribution in [0, 0.1) is 13.8 Å². The van der Waals surface area contributed by atoms with Gasteiger partial charge in [-0.3, -0.25) is 9.78 Å². The predicted molar refractivity (Wildman–Crippen MR) is 111 cm³/mol. The van der Waals surface area contributed by atoms with Gasteiger partial charge in [-0.15, -0.1) is 0 Å². The van der Waals surface area contributed by atoms with E-state index >= 15 is 0 Å². The zero-order chi connectivity index (χ0) is 19.8. The highest BCUT2D eigenvalue weighted by Gasteiger charge is 2.04. The highest BCUT2D eigenvalue weighted by atomic mass is 16.5. The molecule has 0 radical (unpaired) electrons. The molecule has 0 unspecified atom stereocenters. The van der Waals surface area contributed by atoms with Crippen molar-refractivity contribution >= 4 is 16.8 Å². The van der Waals surface area contributed by atoms with Crippen molar-refractivity contribution in [3.8, 4) is 11.5 Å². The lowest BCUT2D eigenvalue weighted by Crippen LogP contribution is -2.26. The summed E-state index contributed by atoms with van der Waals surface area (Å²) in [5, 5.41) is 3.95. The molecular weight excluding hydrogens is 352 g/mol. The highest BCUT2D eigenvalue weighted by molar-refractivity contribution is 5.84. The fraction of sp³-hybridized carbons (Fsp3) is 0.304. The van der Waals surface area contributed by atoms with Crippen molar-refractivity contribution in [1.29, 1.82) is 0 Å². The Morgan fingerprint density at radius 3 is 2.71 bits per heavy atom. The summed E-state index contributed by atoms with van der Waals surface area (Å²) in [6.07, 6.45) is 2.82. The lowest BCUT2D eigenvalue weighted by Gasteiger charge is -2.10. The molecule has 0 bridgehead atoms. The molecule has 146 valence electrons. The van der Waals surface area contributed by atoms with Crippen LogP contribution in [0.4, 0.5) is 0 Å². The van der Waals surface area contributed by atoms with Crippen LogP contribution in [0.3, 0.4) is 0 Å². The van der Waals surface area contributed by atoms with Gasteiger partial charge in [0.05, 0.1) is 19.6 Å². The van der Waals surface area contributed by atoms with E-state index in [4.69, 9.17) is 9.47 Å². The fourth-order valence-corrected chi connectivity index (χ4v) is 2.83. The number of rotatable bonds is 9. The van der Waals surface area contributed by atoms with E-state index in [9.17, 15) is 4.79 Å². The second-order valence-corrected chi connectivity index (χ2v) is 6.73. The molecule has 0 atom stereocenters. The smallest absolute Gasteiger partial charge is 0.223 e. The lowest BCUT2D eigenvalue weighted by atomic mass is 10.1. The van der Waals surface area contributed by atoms with Crippen LogP contribution in [0.5, 0.6) is 11.5 Å². The summed E-state index contributed by atoms with van der Waals surface area (Å²) in [4.78, 5) is 16.3. The molecule has 2 aromatic carbocycles. The summed E-state index contributed by atoms with van der Waals surface area (Å²) in [5.41, 5.74) is 3.27. The van der Waals surface area contributed by atoms with E-state index in [0.29, 0.717) is 26.2 Å². The zero-order valence-electron chi connectivity index (χ0n) is 16.4. The van der Waals surface area contributed by atoms with Gasteiger partial charge in [0.25, 0.3) is 0 Å². The highest BCUT2D eigenvalue weighted by Crippen LogP contribution is 2.22. The summed E-state index contributed by atoms with van der Waals surface area (Å²) >= 11 is 0. The van der Waals surface area contributed by atoms with Crippen LogP contribution >= 0.6 is 0 Å². The number of ether oxygens (including phenoxy) is 2. The molecule has 1 aromatic heterocycles. The van der Waals surface area contributed by atoms with Crippen LogP contribution in [-0.4, -0.2) is 30.6 Å². The van der Waals surface area contributed by atoms with Crippen LogP contribution in [0.25, 0.3) is 10.9 Å². The minimum Gasteiger partial charge on any atom is -0.493 e. The first kappa shape index (κ1) is 19.7. The first-order chi connectivity index (χ1) is 13.6. The Labute approximate surface area is 165 Å². The molecule has 5 nitrogen and oxygen atoms in total. The number of hydrogen-bond acceptors (Lipinski definition) is 4. The van der Waals surface area contributed by atoms with Crippen molar-refractivity contribution < 1.29 is 14.3 Å². The topological polar surface area (TPSA) is 60.5 Å². The molecular formula is C23H26N2O3. The van der Waals surface area contributed by atoms with Crippen molar-refractivity contribution in [2.45, 2.75) is 26.7 Å². The molecule has 0 aliphatic rings. The SMILES string of the molecule is Cc1ccc(OCCC(=O)NCCCOc2cccc3cccnc23)cc1C. The quantitative estimate of drug-likeness (QED) is 0.567. The van der Waals surface area contributed by atoms with Gasteiger partial charge in [-0.2, -0.15) is 0 Å². The number of aryl methyl sites for hydroxylation is 2. The van der Waals surface area contributed by atoms with Crippen molar-refractivity contribution in [2.75, 3.05) is 19.8 Å². The maximum absolute atomic E-state index is 11.9. The Bertz CT molecular complexity index is 935. The van der Waals surface area contributed by atoms with Crippen LogP contribution in [-0.2, 0) is 4.79 Å². The number of fused-ring (bicyclic) bond motifs is 1. The Hall–Kier alpha value is -3.08. The predicted octanol–water partition coefficient (Wildman–Crippen LogP) is 4.21. The third-order valence-electron chi connectivity index (χ3n) is 4.57. The van der Waals surface area contributed by atoms with Crippen LogP contribution in [0.15, 0.2) is 54.7 Å². The van der Waals surface area contributed by atoms with Gasteiger partial charge in [-0.1, -0.05) is 24.3 Å². The van der Waals surface area contributed by atoms with E-state index in [1.807, 2.05) is 55.5 Å². The van der Waals surface area contributed by atoms with Gasteiger partial charge in [0.15, 0.2) is 0 Å². The van der Waals surface area contributed by atoms with Crippen LogP contribution in [0.2, 0.25) is 0 Å². The van der Waals surface area contributed by atoms with Crippen molar-refractivity contribution in [3.05, 3.63) is 65.9 Å². The van der Waals surface area contributed by atoms with Gasteiger partial charge in [0, 0.05) is 18.1 Å². The molecule has 3 aromatic rings. The average Bonchev–Trinajstić information content (AvgIpc) is 2.70. The molecule has 5 heteroatoms. The minimum atomic E-state index is -0.0179. The zero-order valence-corrected chi connectivity index (χ0v) is 16.4. The fourth-order valence-electron chi connectivity index (χ4n) is 2.83. The first-order valence-corrected chi connectivity index (χ1v) is 9.57. The number of carbonyl (C=O) groups excluding carboxylic acids is 1. The van der Waals surface area contributed by atoms with E-state index in [1.165, 1.54) is 11.1 Å². The second-order valence-electron chi connectivity index (χ2n) is 6.73. The Kier molecular flexibility index (Phi) is 6.84. The second kappa shape index (κ2) is 9.74. The molecule has 3 rings (SSSR count). The molecule has 28 heavy (non-hydrogen) atoms. The summed E-state index contributed by atoms with van der Waals surface area (Å²) < 4.78 is 11.5. The van der Waals surface area contributed by atoms with E-state index in [1.54, 1.807) is 6.20 Å². The largest absolute Gasteiger partial charge is 0.493 e. The summed E-state index contributed by atoms with van der Waals surface area (Å²) in [6, 6.07) is 15.7. The number of pyridine rings is 1. The molecule has 1 amide bonds. The van der Waals surface area contributed by atoms with Crippen molar-refractivity contribution in [3.63, 3.8) is 0 Å². The van der Waals surface area contributed by atoms with E-state index in [-0.39, 0.29) is 5.91 Å². The average molecular weight is 378 g/mol. The molecule has 0 saturated carbocycles. The normalized spacial score (nSPS) is 10.6. The van der Waals surface area contributed by atoms with Crippen molar-refractivity contribution in [1.82, 2.24) is 10.3 Å². The standard InChI is InChI=1S/C23H26N2O3/c1-17-9-10-20(16-18(17)2)27-15-11-22(26)24-13-5-14-28-21-8-3-6-19-7-4-12-25-23(19)21/h3-4,6-10,12,16H,5,11,13-15H2,1-2H3,(H,24,26). The number of nitrogens with one attached hydrogen (secondary N) is 1. The maximum Gasteiger partial charge on any atom is 0.223 e. The van der Waals surface area contributed by atoms with Gasteiger partial charge in [0.1, 0.15) is 17.0 Å². The maximum atomic E-state index is 11.9. The van der Waals surface area contributed by atoms with Crippen LogP contribution in [0.1, 0.15) is 24.0 Å². The monoisotopic (exact) mass is 378 g/mol. The summed E-state index contributed by atoms with van der Waals surface area (Å²) in [7, 11) is 0. The number of benzene rings is 2. The number of carbonyl (C=O) groups is 1. The Morgan fingerprint density at radius 1 is 1.00 bits per heavy atom. The van der Waals surface area contributed by atoms with Gasteiger partial charge >= 0.3 is 0 Å². The lowest BCUT2D eigenvalue weighted by molar-refractivity contribution is -0.121. The third kappa shape index (κ3) is 5.46. The third-order valence-corrected chi connectivity index (χ3v) is 4.57. The Balaban J connectivity index is 1.32. The first-order valence-electron chi connectivity index (χ1n) is 9.57. The molecule has 0 fully saturated rings. The Morgan fingerprint density at radius 2 is 1.86 bits per heavy atom. The number of hydrogen-bond donors (Lipinski definition) is 1. The summed E-state index contributed by atoms with van der Waals surface area (Å²) in [6.45, 7) is 5.57. The van der Waals surface area contributed by atoms with Gasteiger partial charge in [-0.25, -0.2) is 0 Å².